The van der Waals surface area contributed by atoms with E-state index in [-0.39, 0.29) is 0 Å². The van der Waals surface area contributed by atoms with E-state index in [1.807, 2.05) is 24.3 Å². The van der Waals surface area contributed by atoms with E-state index in [1.165, 1.54) is 0 Å². The highest BCUT2D eigenvalue weighted by atomic mass is 79.9. The Labute approximate surface area is 113 Å². The highest BCUT2D eigenvalue weighted by Crippen LogP contribution is 2.24. The number of nitrogens with one attached hydrogen (secondary N) is 1. The number of halogens is 1. The molecule has 4 nitrogen and oxygen atoms in total. The molecule has 0 aliphatic heterocycles. The Morgan fingerprint density at radius 2 is 1.50 bits per heavy atom. The molecule has 0 aromatic heterocycles. The van der Waals surface area contributed by atoms with Gasteiger partial charge in [-0.2, -0.15) is 0 Å². The molecular weight excluding hydrogens is 296 g/mol. The number of carbonyl (C=O) groups is 1. The van der Waals surface area contributed by atoms with E-state index >= 15 is 0 Å². The molecular formula is C13H11BrN2O2. The quantitative estimate of drug-likeness (QED) is 0.907. The minimum atomic E-state index is -0.587. The summed E-state index contributed by atoms with van der Waals surface area (Å²) in [5.74, 6) is 1.43. The van der Waals surface area contributed by atoms with Crippen molar-refractivity contribution >= 4 is 27.6 Å². The van der Waals surface area contributed by atoms with E-state index in [0.717, 1.165) is 10.2 Å². The number of nitrogens with two attached hydrogens (primary N) is 1. The maximum absolute atomic E-state index is 10.7. The lowest BCUT2D eigenvalue weighted by molar-refractivity contribution is 0.259. The van der Waals surface area contributed by atoms with Crippen molar-refractivity contribution in [2.75, 3.05) is 5.32 Å². The number of hydrogen-bond acceptors (Lipinski definition) is 2. The van der Waals surface area contributed by atoms with Crippen LogP contribution in [0.15, 0.2) is 53.0 Å². The van der Waals surface area contributed by atoms with Crippen LogP contribution in [0.4, 0.5) is 10.5 Å². The molecule has 0 fully saturated rings. The number of carbonyl (C=O) groups excluding carboxylic acids is 1. The average Bonchev–Trinajstić information content (AvgIpc) is 2.34. The van der Waals surface area contributed by atoms with Gasteiger partial charge in [-0.25, -0.2) is 4.79 Å². The van der Waals surface area contributed by atoms with Gasteiger partial charge in [0.2, 0.25) is 0 Å². The first-order chi connectivity index (χ1) is 8.63. The van der Waals surface area contributed by atoms with Crippen molar-refractivity contribution < 1.29 is 9.53 Å². The van der Waals surface area contributed by atoms with E-state index in [0.29, 0.717) is 11.4 Å². The predicted molar refractivity (Wildman–Crippen MR) is 73.9 cm³/mol. The van der Waals surface area contributed by atoms with E-state index < -0.39 is 6.03 Å². The standard InChI is InChI=1S/C13H11BrN2O2/c14-9-1-5-11(6-2-9)18-12-7-3-10(4-8-12)16-13(15)17/h1-8H,(H3,15,16,17). The zero-order valence-electron chi connectivity index (χ0n) is 9.39. The number of amides is 2. The molecule has 0 spiro atoms. The van der Waals surface area contributed by atoms with E-state index in [2.05, 4.69) is 21.2 Å². The second-order valence-corrected chi connectivity index (χ2v) is 4.49. The minimum absolute atomic E-state index is 0.587. The monoisotopic (exact) mass is 306 g/mol. The Hall–Kier alpha value is -2.01. The van der Waals surface area contributed by atoms with Gasteiger partial charge >= 0.3 is 6.03 Å². The number of anilines is 1. The molecule has 2 aromatic rings. The van der Waals surface area contributed by atoms with Crippen LogP contribution in [0.2, 0.25) is 0 Å². The first kappa shape index (κ1) is 12.4. The molecule has 18 heavy (non-hydrogen) atoms. The van der Waals surface area contributed by atoms with Crippen LogP contribution in [0, 0.1) is 0 Å². The topological polar surface area (TPSA) is 64.4 Å². The summed E-state index contributed by atoms with van der Waals surface area (Å²) in [5.41, 5.74) is 5.64. The molecule has 0 saturated carbocycles. The Morgan fingerprint density at radius 3 is 2.00 bits per heavy atom. The summed E-state index contributed by atoms with van der Waals surface area (Å²) in [6.07, 6.45) is 0. The molecule has 3 N–H and O–H groups in total. The Balaban J connectivity index is 2.06. The minimum Gasteiger partial charge on any atom is -0.457 e. The largest absolute Gasteiger partial charge is 0.457 e. The van der Waals surface area contributed by atoms with Crippen LogP contribution in [0.5, 0.6) is 11.5 Å². The molecule has 0 unspecified atom stereocenters. The van der Waals surface area contributed by atoms with Crippen molar-refractivity contribution in [3.63, 3.8) is 0 Å². The molecule has 5 heteroatoms. The summed E-state index contributed by atoms with van der Waals surface area (Å²) in [6.45, 7) is 0. The average molecular weight is 307 g/mol. The molecule has 2 amide bonds. The summed E-state index contributed by atoms with van der Waals surface area (Å²) in [4.78, 5) is 10.7. The van der Waals surface area contributed by atoms with Crippen molar-refractivity contribution in [1.82, 2.24) is 0 Å². The van der Waals surface area contributed by atoms with E-state index in [1.54, 1.807) is 24.3 Å². The van der Waals surface area contributed by atoms with Crippen molar-refractivity contribution in [1.29, 1.82) is 0 Å². The number of urea groups is 1. The maximum atomic E-state index is 10.7. The van der Waals surface area contributed by atoms with Crippen LogP contribution in [0.1, 0.15) is 0 Å². The second-order valence-electron chi connectivity index (χ2n) is 3.57. The molecule has 0 aliphatic carbocycles. The van der Waals surface area contributed by atoms with E-state index in [4.69, 9.17) is 10.5 Å². The van der Waals surface area contributed by atoms with Crippen LogP contribution < -0.4 is 15.8 Å². The van der Waals surface area contributed by atoms with Crippen LogP contribution >= 0.6 is 15.9 Å². The molecule has 0 saturated heterocycles. The molecule has 0 aliphatic rings. The molecule has 2 rings (SSSR count). The summed E-state index contributed by atoms with van der Waals surface area (Å²) in [6, 6.07) is 13.9. The van der Waals surface area contributed by atoms with Crippen molar-refractivity contribution in [2.24, 2.45) is 5.73 Å². The second kappa shape index (κ2) is 5.55. The summed E-state index contributed by atoms with van der Waals surface area (Å²) in [7, 11) is 0. The molecule has 0 bridgehead atoms. The fourth-order valence-corrected chi connectivity index (χ4v) is 1.65. The third kappa shape index (κ3) is 3.49. The normalized spacial score (nSPS) is 9.83. The van der Waals surface area contributed by atoms with Gasteiger partial charge in [0.25, 0.3) is 0 Å². The van der Waals surface area contributed by atoms with Crippen molar-refractivity contribution in [3.8, 4) is 11.5 Å². The Morgan fingerprint density at radius 1 is 1.00 bits per heavy atom. The van der Waals surface area contributed by atoms with Crippen LogP contribution in [-0.2, 0) is 0 Å². The highest BCUT2D eigenvalue weighted by molar-refractivity contribution is 9.10. The summed E-state index contributed by atoms with van der Waals surface area (Å²) < 4.78 is 6.62. The van der Waals surface area contributed by atoms with Gasteiger partial charge in [0, 0.05) is 10.2 Å². The SMILES string of the molecule is NC(=O)Nc1ccc(Oc2ccc(Br)cc2)cc1. The molecule has 2 aromatic carbocycles. The Kier molecular flexibility index (Phi) is 3.84. The van der Waals surface area contributed by atoms with Gasteiger partial charge in [-0.3, -0.25) is 0 Å². The predicted octanol–water partition coefficient (Wildman–Crippen LogP) is 3.73. The first-order valence-electron chi connectivity index (χ1n) is 5.23. The lowest BCUT2D eigenvalue weighted by Gasteiger charge is -2.07. The van der Waals surface area contributed by atoms with Gasteiger partial charge in [0.1, 0.15) is 11.5 Å². The fraction of sp³-hybridized carbons (Fsp3) is 0. The molecule has 0 atom stereocenters. The van der Waals surface area contributed by atoms with Gasteiger partial charge in [-0.15, -0.1) is 0 Å². The van der Waals surface area contributed by atoms with Gasteiger partial charge in [-0.1, -0.05) is 15.9 Å². The van der Waals surface area contributed by atoms with Crippen molar-refractivity contribution in [3.05, 3.63) is 53.0 Å². The summed E-state index contributed by atoms with van der Waals surface area (Å²) >= 11 is 3.36. The number of primary amides is 1. The van der Waals surface area contributed by atoms with Crippen LogP contribution in [-0.4, -0.2) is 6.03 Å². The number of rotatable bonds is 3. The first-order valence-corrected chi connectivity index (χ1v) is 6.03. The van der Waals surface area contributed by atoms with Crippen LogP contribution in [0.3, 0.4) is 0 Å². The third-order valence-corrected chi connectivity index (χ3v) is 2.70. The number of ether oxygens (including phenoxy) is 1. The van der Waals surface area contributed by atoms with Crippen molar-refractivity contribution in [2.45, 2.75) is 0 Å². The smallest absolute Gasteiger partial charge is 0.316 e. The van der Waals surface area contributed by atoms with Crippen LogP contribution in [0.25, 0.3) is 0 Å². The van der Waals surface area contributed by atoms with Gasteiger partial charge < -0.3 is 15.8 Å². The van der Waals surface area contributed by atoms with Gasteiger partial charge in [0.15, 0.2) is 0 Å². The summed E-state index contributed by atoms with van der Waals surface area (Å²) in [5, 5.41) is 2.48. The molecule has 0 radical (unpaired) electrons. The lowest BCUT2D eigenvalue weighted by Crippen LogP contribution is -2.19. The number of hydrogen-bond donors (Lipinski definition) is 2. The highest BCUT2D eigenvalue weighted by Gasteiger charge is 1.99. The third-order valence-electron chi connectivity index (χ3n) is 2.17. The van der Waals surface area contributed by atoms with Gasteiger partial charge in [-0.05, 0) is 48.5 Å². The molecule has 0 heterocycles. The van der Waals surface area contributed by atoms with Gasteiger partial charge in [0.05, 0.1) is 0 Å². The fourth-order valence-electron chi connectivity index (χ4n) is 1.39. The lowest BCUT2D eigenvalue weighted by atomic mass is 10.3. The zero-order chi connectivity index (χ0) is 13.0. The number of benzene rings is 2. The maximum Gasteiger partial charge on any atom is 0.316 e. The van der Waals surface area contributed by atoms with E-state index in [9.17, 15) is 4.79 Å². The zero-order valence-corrected chi connectivity index (χ0v) is 11.0. The Bertz CT molecular complexity index is 538. The molecule has 92 valence electrons.